The molecule has 0 saturated carbocycles. The molecule has 1 saturated heterocycles. The summed E-state index contributed by atoms with van der Waals surface area (Å²) in [5, 5.41) is 4.94. The van der Waals surface area contributed by atoms with Gasteiger partial charge in [-0.05, 0) is 61.1 Å². The highest BCUT2D eigenvalue weighted by atomic mass is 32.2. The molecule has 0 spiro atoms. The lowest BCUT2D eigenvalue weighted by Crippen LogP contribution is -2.46. The van der Waals surface area contributed by atoms with Crippen LogP contribution in [0.1, 0.15) is 68.2 Å². The number of carbonyl (C=O) groups is 2. The first kappa shape index (κ1) is 27.4. The van der Waals surface area contributed by atoms with Crippen molar-refractivity contribution in [3.8, 4) is 5.69 Å². The van der Waals surface area contributed by atoms with E-state index >= 15 is 0 Å². The normalized spacial score (nSPS) is 18.7. The molecule has 0 N–H and O–H groups in total. The first-order chi connectivity index (χ1) is 18.5. The summed E-state index contributed by atoms with van der Waals surface area (Å²) in [5.41, 5.74) is 4.37. The average molecular weight is 549 g/mol. The number of hydrogen-bond acceptors (Lipinski definition) is 4. The molecule has 1 atom stereocenters. The first-order valence-corrected chi connectivity index (χ1v) is 14.7. The molecule has 0 aliphatic carbocycles. The Labute approximate surface area is 234 Å². The maximum Gasteiger partial charge on any atom is 0.242 e. The Morgan fingerprint density at radius 2 is 1.74 bits per heavy atom. The lowest BCUT2D eigenvalue weighted by atomic mass is 9.86. The van der Waals surface area contributed by atoms with Crippen molar-refractivity contribution < 1.29 is 14.0 Å². The van der Waals surface area contributed by atoms with Crippen molar-refractivity contribution >= 4 is 29.4 Å². The van der Waals surface area contributed by atoms with Crippen LogP contribution < -0.4 is 4.90 Å². The molecular formula is C31H37FN4O2S. The number of aromatic nitrogens is 2. The number of nitrogens with zero attached hydrogens (tertiary/aromatic N) is 4. The van der Waals surface area contributed by atoms with Gasteiger partial charge in [0.05, 0.1) is 22.4 Å². The number of thioether (sulfide) groups is 1. The molecule has 5 rings (SSSR count). The van der Waals surface area contributed by atoms with Crippen LogP contribution in [0.5, 0.6) is 0 Å². The van der Waals surface area contributed by atoms with Crippen LogP contribution in [0.4, 0.5) is 10.2 Å². The lowest BCUT2D eigenvalue weighted by Gasteiger charge is -2.32. The maximum absolute atomic E-state index is 13.9. The van der Waals surface area contributed by atoms with E-state index in [1.54, 1.807) is 33.5 Å². The van der Waals surface area contributed by atoms with Gasteiger partial charge >= 0.3 is 0 Å². The SMILES string of the molecule is Cc1ccccc1C1SCC(=O)N(CC(=O)N2CCC(C)CC2)c2c1c(C(C)(C)C)nn2-c1ccc(F)cc1. The molecule has 1 fully saturated rings. The molecule has 1 unspecified atom stereocenters. The summed E-state index contributed by atoms with van der Waals surface area (Å²) in [6, 6.07) is 14.4. The fourth-order valence-corrected chi connectivity index (χ4v) is 6.75. The van der Waals surface area contributed by atoms with Gasteiger partial charge in [0.2, 0.25) is 11.8 Å². The average Bonchev–Trinajstić information content (AvgIpc) is 3.23. The number of fused-ring (bicyclic) bond motifs is 1. The number of anilines is 1. The minimum Gasteiger partial charge on any atom is -0.341 e. The van der Waals surface area contributed by atoms with Gasteiger partial charge in [-0.2, -0.15) is 5.10 Å². The van der Waals surface area contributed by atoms with Crippen molar-refractivity contribution in [1.29, 1.82) is 0 Å². The van der Waals surface area contributed by atoms with Crippen LogP contribution in [0, 0.1) is 18.7 Å². The highest BCUT2D eigenvalue weighted by Crippen LogP contribution is 2.49. The third-order valence-electron chi connectivity index (χ3n) is 7.77. The highest BCUT2D eigenvalue weighted by molar-refractivity contribution is 8.00. The van der Waals surface area contributed by atoms with Gasteiger partial charge in [0.1, 0.15) is 18.2 Å². The van der Waals surface area contributed by atoms with Gasteiger partial charge < -0.3 is 4.90 Å². The van der Waals surface area contributed by atoms with E-state index in [9.17, 15) is 14.0 Å². The standard InChI is InChI=1S/C31H37FN4O2S/c1-20-14-16-34(17-15-20)25(37)18-35-26(38)19-39-28(24-9-7-6-8-21(24)2)27-29(31(3,4)5)33-36(30(27)35)23-12-10-22(32)11-13-23/h6-13,20,28H,14-19H2,1-5H3. The zero-order chi connectivity index (χ0) is 27.9. The van der Waals surface area contributed by atoms with E-state index < -0.39 is 0 Å². The number of amides is 2. The summed E-state index contributed by atoms with van der Waals surface area (Å²) in [7, 11) is 0. The van der Waals surface area contributed by atoms with E-state index in [4.69, 9.17) is 5.10 Å². The minimum absolute atomic E-state index is 0.0439. The third-order valence-corrected chi connectivity index (χ3v) is 9.01. The molecule has 2 amide bonds. The molecule has 39 heavy (non-hydrogen) atoms. The quantitative estimate of drug-likeness (QED) is 0.399. The number of aryl methyl sites for hydroxylation is 1. The highest BCUT2D eigenvalue weighted by Gasteiger charge is 2.40. The fraction of sp³-hybridized carbons (Fsp3) is 0.452. The van der Waals surface area contributed by atoms with Gasteiger partial charge in [-0.3, -0.25) is 14.5 Å². The van der Waals surface area contributed by atoms with E-state index in [1.165, 1.54) is 12.1 Å². The smallest absolute Gasteiger partial charge is 0.242 e. The Morgan fingerprint density at radius 1 is 1.08 bits per heavy atom. The molecule has 2 aromatic carbocycles. The van der Waals surface area contributed by atoms with Crippen LogP contribution in [0.2, 0.25) is 0 Å². The molecule has 0 radical (unpaired) electrons. The van der Waals surface area contributed by atoms with Crippen LogP contribution in [0.25, 0.3) is 5.69 Å². The second kappa shape index (κ2) is 10.8. The summed E-state index contributed by atoms with van der Waals surface area (Å²) >= 11 is 1.58. The van der Waals surface area contributed by atoms with Crippen molar-refractivity contribution in [1.82, 2.24) is 14.7 Å². The van der Waals surface area contributed by atoms with Crippen LogP contribution in [-0.2, 0) is 15.0 Å². The van der Waals surface area contributed by atoms with E-state index in [0.717, 1.165) is 35.2 Å². The van der Waals surface area contributed by atoms with E-state index in [0.29, 0.717) is 30.5 Å². The van der Waals surface area contributed by atoms with Gasteiger partial charge in [0.15, 0.2) is 0 Å². The molecular weight excluding hydrogens is 511 g/mol. The third kappa shape index (κ3) is 5.49. The van der Waals surface area contributed by atoms with Gasteiger partial charge in [0.25, 0.3) is 0 Å². The second-order valence-electron chi connectivity index (χ2n) is 11.8. The van der Waals surface area contributed by atoms with E-state index in [2.05, 4.69) is 46.8 Å². The number of likely N-dealkylation sites (tertiary alicyclic amines) is 1. The van der Waals surface area contributed by atoms with E-state index in [-0.39, 0.29) is 40.6 Å². The Bertz CT molecular complexity index is 1370. The first-order valence-electron chi connectivity index (χ1n) is 13.7. The Hall–Kier alpha value is -3.13. The van der Waals surface area contributed by atoms with Crippen LogP contribution in [0.3, 0.4) is 0 Å². The molecule has 3 heterocycles. The molecule has 8 heteroatoms. The van der Waals surface area contributed by atoms with Crippen molar-refractivity contribution in [2.24, 2.45) is 5.92 Å². The Balaban J connectivity index is 1.71. The summed E-state index contributed by atoms with van der Waals surface area (Å²) < 4.78 is 15.7. The summed E-state index contributed by atoms with van der Waals surface area (Å²) in [6.07, 6.45) is 1.94. The van der Waals surface area contributed by atoms with Crippen molar-refractivity contribution in [2.75, 3.05) is 30.3 Å². The Morgan fingerprint density at radius 3 is 2.38 bits per heavy atom. The number of carbonyl (C=O) groups excluding carboxylic acids is 2. The molecule has 2 aliphatic heterocycles. The topological polar surface area (TPSA) is 58.4 Å². The van der Waals surface area contributed by atoms with Gasteiger partial charge in [0, 0.05) is 24.1 Å². The molecule has 0 bridgehead atoms. The zero-order valence-corrected chi connectivity index (χ0v) is 24.2. The van der Waals surface area contributed by atoms with Crippen molar-refractivity contribution in [2.45, 2.75) is 58.1 Å². The number of piperidine rings is 1. The monoisotopic (exact) mass is 548 g/mol. The maximum atomic E-state index is 13.9. The zero-order valence-electron chi connectivity index (χ0n) is 23.4. The molecule has 3 aromatic rings. The van der Waals surface area contributed by atoms with E-state index in [1.807, 2.05) is 17.0 Å². The molecule has 1 aromatic heterocycles. The second-order valence-corrected chi connectivity index (χ2v) is 12.9. The van der Waals surface area contributed by atoms with Crippen molar-refractivity contribution in [3.63, 3.8) is 0 Å². The van der Waals surface area contributed by atoms with Crippen LogP contribution in [-0.4, -0.2) is 51.9 Å². The predicted molar refractivity (Wildman–Crippen MR) is 155 cm³/mol. The van der Waals surface area contributed by atoms with Crippen LogP contribution >= 0.6 is 11.8 Å². The summed E-state index contributed by atoms with van der Waals surface area (Å²) in [5.74, 6) is 0.924. The van der Waals surface area contributed by atoms with Gasteiger partial charge in [-0.25, -0.2) is 9.07 Å². The predicted octanol–water partition coefficient (Wildman–Crippen LogP) is 6.05. The number of hydrogen-bond donors (Lipinski definition) is 0. The molecule has 206 valence electrons. The summed E-state index contributed by atoms with van der Waals surface area (Å²) in [6.45, 7) is 12.0. The summed E-state index contributed by atoms with van der Waals surface area (Å²) in [4.78, 5) is 30.9. The Kier molecular flexibility index (Phi) is 7.60. The molecule has 2 aliphatic rings. The fourth-order valence-electron chi connectivity index (χ4n) is 5.46. The van der Waals surface area contributed by atoms with Gasteiger partial charge in [-0.15, -0.1) is 11.8 Å². The molecule has 6 nitrogen and oxygen atoms in total. The number of rotatable bonds is 4. The lowest BCUT2D eigenvalue weighted by molar-refractivity contribution is -0.132. The minimum atomic E-state index is -0.344. The van der Waals surface area contributed by atoms with Gasteiger partial charge in [-0.1, -0.05) is 52.0 Å². The largest absolute Gasteiger partial charge is 0.341 e. The number of halogens is 1. The number of benzene rings is 2. The van der Waals surface area contributed by atoms with Crippen LogP contribution in [0.15, 0.2) is 48.5 Å². The van der Waals surface area contributed by atoms with Crippen molar-refractivity contribution in [3.05, 3.63) is 76.7 Å².